The summed E-state index contributed by atoms with van der Waals surface area (Å²) < 4.78 is 3.33. The molecule has 1 heterocycles. The molecule has 3 rings (SSSR count). The fourth-order valence-electron chi connectivity index (χ4n) is 3.57. The molecule has 0 saturated heterocycles. The Balaban J connectivity index is 2.13. The van der Waals surface area contributed by atoms with E-state index in [1.807, 2.05) is 0 Å². The van der Waals surface area contributed by atoms with E-state index < -0.39 is 0 Å². The van der Waals surface area contributed by atoms with Crippen molar-refractivity contribution in [1.82, 2.24) is 9.55 Å². The molecular formula is C16H22BrN3. The Morgan fingerprint density at radius 3 is 2.60 bits per heavy atom. The lowest BCUT2D eigenvalue weighted by atomic mass is 9.79. The molecule has 0 amide bonds. The van der Waals surface area contributed by atoms with Crippen LogP contribution >= 0.6 is 15.9 Å². The van der Waals surface area contributed by atoms with Crippen LogP contribution < -0.4 is 5.73 Å². The van der Waals surface area contributed by atoms with Gasteiger partial charge in [0.15, 0.2) is 0 Å². The van der Waals surface area contributed by atoms with Crippen molar-refractivity contribution in [2.24, 2.45) is 12.8 Å². The topological polar surface area (TPSA) is 43.8 Å². The maximum Gasteiger partial charge on any atom is 0.117 e. The van der Waals surface area contributed by atoms with Crippen LogP contribution in [0.25, 0.3) is 11.0 Å². The maximum absolute atomic E-state index is 6.20. The second-order valence-electron chi connectivity index (χ2n) is 6.03. The number of imidazole rings is 1. The highest BCUT2D eigenvalue weighted by Gasteiger charge is 2.35. The van der Waals surface area contributed by atoms with Crippen molar-refractivity contribution < 1.29 is 0 Å². The van der Waals surface area contributed by atoms with E-state index in [-0.39, 0.29) is 5.41 Å². The largest absolute Gasteiger partial charge is 0.331 e. The summed E-state index contributed by atoms with van der Waals surface area (Å²) in [6, 6.07) is 6.31. The smallest absolute Gasteiger partial charge is 0.117 e. The Bertz CT molecular complexity index is 609. The number of nitrogens with two attached hydrogens (primary N) is 1. The standard InChI is InChI=1S/C16H22BrN3/c1-20-14-7-6-12(17)10-13(14)19-15(20)16(11-18)8-4-2-3-5-9-16/h6-7,10H,2-5,8-9,11,18H2,1H3. The molecule has 1 aliphatic rings. The first-order chi connectivity index (χ1) is 9.66. The van der Waals surface area contributed by atoms with E-state index in [2.05, 4.69) is 45.7 Å². The number of benzene rings is 1. The van der Waals surface area contributed by atoms with Crippen molar-refractivity contribution in [2.45, 2.75) is 43.9 Å². The van der Waals surface area contributed by atoms with Gasteiger partial charge in [-0.3, -0.25) is 0 Å². The number of nitrogens with zero attached hydrogens (tertiary/aromatic N) is 2. The molecule has 2 N–H and O–H groups in total. The molecule has 108 valence electrons. The zero-order valence-corrected chi connectivity index (χ0v) is 13.6. The first-order valence-corrected chi connectivity index (χ1v) is 8.28. The molecule has 3 nitrogen and oxygen atoms in total. The molecule has 0 unspecified atom stereocenters. The highest BCUT2D eigenvalue weighted by atomic mass is 79.9. The molecular weight excluding hydrogens is 314 g/mol. The number of rotatable bonds is 2. The molecule has 1 saturated carbocycles. The first-order valence-electron chi connectivity index (χ1n) is 7.49. The zero-order chi connectivity index (χ0) is 14.2. The van der Waals surface area contributed by atoms with Gasteiger partial charge in [0.05, 0.1) is 11.0 Å². The average Bonchev–Trinajstić information content (AvgIpc) is 2.65. The number of aromatic nitrogens is 2. The Labute approximate surface area is 128 Å². The van der Waals surface area contributed by atoms with Crippen LogP contribution in [0.3, 0.4) is 0 Å². The molecule has 0 atom stereocenters. The van der Waals surface area contributed by atoms with Gasteiger partial charge in [0.1, 0.15) is 5.82 Å². The van der Waals surface area contributed by atoms with Gasteiger partial charge in [0.2, 0.25) is 0 Å². The normalized spacial score (nSPS) is 19.1. The maximum atomic E-state index is 6.20. The summed E-state index contributed by atoms with van der Waals surface area (Å²) in [7, 11) is 2.13. The lowest BCUT2D eigenvalue weighted by molar-refractivity contribution is 0.351. The highest BCUT2D eigenvalue weighted by Crippen LogP contribution is 2.38. The summed E-state index contributed by atoms with van der Waals surface area (Å²) in [5.74, 6) is 1.18. The van der Waals surface area contributed by atoms with E-state index in [0.29, 0.717) is 6.54 Å². The molecule has 1 fully saturated rings. The molecule has 1 aliphatic carbocycles. The third kappa shape index (κ3) is 2.29. The molecule has 0 spiro atoms. The van der Waals surface area contributed by atoms with Crippen molar-refractivity contribution in [3.8, 4) is 0 Å². The lowest BCUT2D eigenvalue weighted by Crippen LogP contribution is -2.37. The zero-order valence-electron chi connectivity index (χ0n) is 12.0. The van der Waals surface area contributed by atoms with E-state index in [1.165, 1.54) is 49.9 Å². The average molecular weight is 336 g/mol. The minimum atomic E-state index is 0.0662. The van der Waals surface area contributed by atoms with Crippen molar-refractivity contribution in [1.29, 1.82) is 0 Å². The third-order valence-electron chi connectivity index (χ3n) is 4.77. The first kappa shape index (κ1) is 14.1. The number of aryl methyl sites for hydroxylation is 1. The summed E-state index contributed by atoms with van der Waals surface area (Å²) in [5.41, 5.74) is 8.52. The molecule has 0 bridgehead atoms. The van der Waals surface area contributed by atoms with Crippen LogP contribution in [0.15, 0.2) is 22.7 Å². The summed E-state index contributed by atoms with van der Waals surface area (Å²) in [6.07, 6.45) is 7.53. The molecule has 0 aliphatic heterocycles. The van der Waals surface area contributed by atoms with Gasteiger partial charge >= 0.3 is 0 Å². The number of hydrogen-bond donors (Lipinski definition) is 1. The van der Waals surface area contributed by atoms with Crippen molar-refractivity contribution in [2.75, 3.05) is 6.54 Å². The van der Waals surface area contributed by atoms with Crippen molar-refractivity contribution >= 4 is 27.0 Å². The van der Waals surface area contributed by atoms with E-state index >= 15 is 0 Å². The Hall–Kier alpha value is -0.870. The van der Waals surface area contributed by atoms with Gasteiger partial charge in [-0.15, -0.1) is 0 Å². The number of halogens is 1. The quantitative estimate of drug-likeness (QED) is 0.846. The summed E-state index contributed by atoms with van der Waals surface area (Å²) in [5, 5.41) is 0. The summed E-state index contributed by atoms with van der Waals surface area (Å²) in [4.78, 5) is 4.93. The molecule has 2 aromatic rings. The van der Waals surface area contributed by atoms with Crippen LogP contribution in [0.5, 0.6) is 0 Å². The minimum absolute atomic E-state index is 0.0662. The van der Waals surface area contributed by atoms with E-state index in [0.717, 1.165) is 9.99 Å². The van der Waals surface area contributed by atoms with Gasteiger partial charge in [-0.25, -0.2) is 4.98 Å². The van der Waals surface area contributed by atoms with Gasteiger partial charge < -0.3 is 10.3 Å². The third-order valence-corrected chi connectivity index (χ3v) is 5.26. The fraction of sp³-hybridized carbons (Fsp3) is 0.562. The fourth-order valence-corrected chi connectivity index (χ4v) is 3.92. The van der Waals surface area contributed by atoms with Crippen LogP contribution in [0.4, 0.5) is 0 Å². The van der Waals surface area contributed by atoms with Crippen LogP contribution in [-0.4, -0.2) is 16.1 Å². The highest BCUT2D eigenvalue weighted by molar-refractivity contribution is 9.10. The molecule has 1 aromatic carbocycles. The second-order valence-corrected chi connectivity index (χ2v) is 6.94. The molecule has 0 radical (unpaired) electrons. The van der Waals surface area contributed by atoms with E-state index in [4.69, 9.17) is 10.7 Å². The predicted octanol–water partition coefficient (Wildman–Crippen LogP) is 3.89. The van der Waals surface area contributed by atoms with Crippen LogP contribution in [0, 0.1) is 0 Å². The number of fused-ring (bicyclic) bond motifs is 1. The van der Waals surface area contributed by atoms with Gasteiger partial charge in [0.25, 0.3) is 0 Å². The second kappa shape index (κ2) is 5.49. The Morgan fingerprint density at radius 1 is 1.25 bits per heavy atom. The monoisotopic (exact) mass is 335 g/mol. The predicted molar refractivity (Wildman–Crippen MR) is 86.8 cm³/mol. The van der Waals surface area contributed by atoms with Crippen LogP contribution in [-0.2, 0) is 12.5 Å². The minimum Gasteiger partial charge on any atom is -0.331 e. The summed E-state index contributed by atoms with van der Waals surface area (Å²) >= 11 is 3.53. The van der Waals surface area contributed by atoms with Crippen LogP contribution in [0.1, 0.15) is 44.3 Å². The Morgan fingerprint density at radius 2 is 1.95 bits per heavy atom. The van der Waals surface area contributed by atoms with E-state index in [9.17, 15) is 0 Å². The van der Waals surface area contributed by atoms with Crippen LogP contribution in [0.2, 0.25) is 0 Å². The van der Waals surface area contributed by atoms with Crippen molar-refractivity contribution in [3.63, 3.8) is 0 Å². The molecule has 1 aromatic heterocycles. The SMILES string of the molecule is Cn1c(C2(CN)CCCCCC2)nc2cc(Br)ccc21. The lowest BCUT2D eigenvalue weighted by Gasteiger charge is -2.30. The summed E-state index contributed by atoms with van der Waals surface area (Å²) in [6.45, 7) is 0.700. The number of hydrogen-bond acceptors (Lipinski definition) is 2. The van der Waals surface area contributed by atoms with Gasteiger partial charge in [-0.2, -0.15) is 0 Å². The van der Waals surface area contributed by atoms with E-state index in [1.54, 1.807) is 0 Å². The molecule has 20 heavy (non-hydrogen) atoms. The Kier molecular flexibility index (Phi) is 3.87. The molecule has 4 heteroatoms. The van der Waals surface area contributed by atoms with Gasteiger partial charge in [0, 0.05) is 23.5 Å². The van der Waals surface area contributed by atoms with Crippen molar-refractivity contribution in [3.05, 3.63) is 28.5 Å². The van der Waals surface area contributed by atoms with Gasteiger partial charge in [-0.05, 0) is 31.0 Å². The van der Waals surface area contributed by atoms with Gasteiger partial charge in [-0.1, -0.05) is 41.6 Å².